The van der Waals surface area contributed by atoms with Crippen molar-refractivity contribution in [2.24, 2.45) is 5.73 Å². The molecule has 0 aliphatic carbocycles. The predicted molar refractivity (Wildman–Crippen MR) is 72.2 cm³/mol. The summed E-state index contributed by atoms with van der Waals surface area (Å²) in [5.74, 6) is -0.814. The lowest BCUT2D eigenvalue weighted by molar-refractivity contribution is 0.504. The molecule has 1 aromatic rings. The first kappa shape index (κ1) is 15.0. The van der Waals surface area contributed by atoms with Crippen molar-refractivity contribution in [3.05, 3.63) is 30.1 Å². The van der Waals surface area contributed by atoms with Gasteiger partial charge >= 0.3 is 0 Å². The van der Waals surface area contributed by atoms with Crippen LogP contribution < -0.4 is 10.5 Å². The molecule has 1 aromatic carbocycles. The van der Waals surface area contributed by atoms with Gasteiger partial charge in [-0.25, -0.2) is 12.8 Å². The second kappa shape index (κ2) is 5.29. The summed E-state index contributed by atoms with van der Waals surface area (Å²) < 4.78 is 40.0. The molecule has 0 amide bonds. The average Bonchev–Trinajstić information content (AvgIpc) is 2.28. The van der Waals surface area contributed by atoms with E-state index in [0.717, 1.165) is 6.07 Å². The van der Waals surface area contributed by atoms with E-state index in [1.807, 2.05) is 0 Å². The zero-order chi connectivity index (χ0) is 14.0. The fourth-order valence-electron chi connectivity index (χ4n) is 1.31. The molecule has 0 spiro atoms. The number of rotatable bonds is 5. The van der Waals surface area contributed by atoms with E-state index in [0.29, 0.717) is 6.42 Å². The first-order valence-corrected chi connectivity index (χ1v) is 7.20. The Morgan fingerprint density at radius 2 is 2.06 bits per heavy atom. The standard InChI is InChI=1S/C11H15FN2O2S2/c1-3-11(2,10(13)17)14-18(15,16)9-7-5-4-6-8(9)12/h4-7,14H,3H2,1-2H3,(H2,13,17). The van der Waals surface area contributed by atoms with Crippen LogP contribution in [0.4, 0.5) is 4.39 Å². The molecule has 0 aromatic heterocycles. The summed E-state index contributed by atoms with van der Waals surface area (Å²) in [5, 5.41) is 0. The molecule has 4 nitrogen and oxygen atoms in total. The minimum Gasteiger partial charge on any atom is -0.392 e. The molecule has 1 atom stereocenters. The van der Waals surface area contributed by atoms with Crippen LogP contribution in [0.3, 0.4) is 0 Å². The van der Waals surface area contributed by atoms with E-state index in [1.54, 1.807) is 13.8 Å². The number of hydrogen-bond donors (Lipinski definition) is 2. The van der Waals surface area contributed by atoms with Gasteiger partial charge in [-0.1, -0.05) is 31.3 Å². The molecule has 100 valence electrons. The normalized spacial score (nSPS) is 15.1. The number of thiocarbonyl (C=S) groups is 1. The van der Waals surface area contributed by atoms with Gasteiger partial charge in [0.05, 0.1) is 10.5 Å². The van der Waals surface area contributed by atoms with Crippen molar-refractivity contribution < 1.29 is 12.8 Å². The third kappa shape index (κ3) is 3.04. The lowest BCUT2D eigenvalue weighted by atomic mass is 10.0. The summed E-state index contributed by atoms with van der Waals surface area (Å²) >= 11 is 4.84. The maximum Gasteiger partial charge on any atom is 0.244 e. The van der Waals surface area contributed by atoms with E-state index < -0.39 is 26.3 Å². The Hall–Kier alpha value is -1.05. The SMILES string of the molecule is CCC(C)(NS(=O)(=O)c1ccccc1F)C(N)=S. The minimum absolute atomic E-state index is 0.0184. The van der Waals surface area contributed by atoms with Crippen LogP contribution >= 0.6 is 12.2 Å². The molecular weight excluding hydrogens is 275 g/mol. The Morgan fingerprint density at radius 3 is 2.50 bits per heavy atom. The summed E-state index contributed by atoms with van der Waals surface area (Å²) in [4.78, 5) is -0.397. The van der Waals surface area contributed by atoms with Crippen molar-refractivity contribution in [2.75, 3.05) is 0 Å². The number of hydrogen-bond acceptors (Lipinski definition) is 3. The number of sulfonamides is 1. The van der Waals surface area contributed by atoms with Crippen LogP contribution in [0.15, 0.2) is 29.2 Å². The second-order valence-electron chi connectivity index (χ2n) is 4.09. The van der Waals surface area contributed by atoms with Gasteiger partial charge in [-0.05, 0) is 25.5 Å². The molecule has 0 aliphatic rings. The van der Waals surface area contributed by atoms with E-state index in [4.69, 9.17) is 18.0 Å². The maximum absolute atomic E-state index is 13.5. The number of benzene rings is 1. The van der Waals surface area contributed by atoms with Crippen molar-refractivity contribution in [1.29, 1.82) is 0 Å². The molecule has 18 heavy (non-hydrogen) atoms. The highest BCUT2D eigenvalue weighted by Gasteiger charge is 2.32. The van der Waals surface area contributed by atoms with Gasteiger partial charge in [0.2, 0.25) is 10.0 Å². The van der Waals surface area contributed by atoms with Crippen LogP contribution in [0.25, 0.3) is 0 Å². The largest absolute Gasteiger partial charge is 0.392 e. The summed E-state index contributed by atoms with van der Waals surface area (Å²) in [6.07, 6.45) is 0.371. The molecule has 0 radical (unpaired) electrons. The highest BCUT2D eigenvalue weighted by molar-refractivity contribution is 7.89. The van der Waals surface area contributed by atoms with E-state index in [9.17, 15) is 12.8 Å². The molecule has 3 N–H and O–H groups in total. The molecule has 1 unspecified atom stereocenters. The molecule has 0 heterocycles. The highest BCUT2D eigenvalue weighted by atomic mass is 32.2. The lowest BCUT2D eigenvalue weighted by Gasteiger charge is -2.27. The maximum atomic E-state index is 13.5. The Bertz CT molecular complexity index is 560. The molecule has 0 bridgehead atoms. The van der Waals surface area contributed by atoms with Gasteiger partial charge < -0.3 is 5.73 Å². The van der Waals surface area contributed by atoms with E-state index >= 15 is 0 Å². The van der Waals surface area contributed by atoms with Crippen molar-refractivity contribution >= 4 is 27.2 Å². The first-order chi connectivity index (χ1) is 8.23. The van der Waals surface area contributed by atoms with E-state index in [2.05, 4.69) is 4.72 Å². The quantitative estimate of drug-likeness (QED) is 0.807. The summed E-state index contributed by atoms with van der Waals surface area (Å²) in [7, 11) is -4.00. The van der Waals surface area contributed by atoms with Gasteiger partial charge in [-0.15, -0.1) is 0 Å². The van der Waals surface area contributed by atoms with Crippen molar-refractivity contribution in [3.63, 3.8) is 0 Å². The lowest BCUT2D eigenvalue weighted by Crippen LogP contribution is -2.54. The molecule has 0 saturated heterocycles. The molecule has 1 rings (SSSR count). The van der Waals surface area contributed by atoms with Gasteiger partial charge in [-0.2, -0.15) is 4.72 Å². The number of nitrogens with two attached hydrogens (primary N) is 1. The van der Waals surface area contributed by atoms with Crippen LogP contribution in [0.2, 0.25) is 0 Å². The Labute approximate surface area is 111 Å². The second-order valence-corrected chi connectivity index (χ2v) is 6.18. The smallest absolute Gasteiger partial charge is 0.244 e. The van der Waals surface area contributed by atoms with Crippen LogP contribution in [0.5, 0.6) is 0 Å². The number of halogens is 1. The monoisotopic (exact) mass is 290 g/mol. The Kier molecular flexibility index (Phi) is 4.41. The predicted octanol–water partition coefficient (Wildman–Crippen LogP) is 1.56. The fourth-order valence-corrected chi connectivity index (χ4v) is 3.11. The Balaban J connectivity index is 3.18. The van der Waals surface area contributed by atoms with Crippen molar-refractivity contribution in [1.82, 2.24) is 4.72 Å². The summed E-state index contributed by atoms with van der Waals surface area (Å²) in [5.41, 5.74) is 4.44. The average molecular weight is 290 g/mol. The van der Waals surface area contributed by atoms with E-state index in [-0.39, 0.29) is 4.99 Å². The highest BCUT2D eigenvalue weighted by Crippen LogP contribution is 2.18. The summed E-state index contributed by atoms with van der Waals surface area (Å²) in [6.45, 7) is 3.30. The summed E-state index contributed by atoms with van der Waals surface area (Å²) in [6, 6.07) is 5.13. The van der Waals surface area contributed by atoms with Gasteiger partial charge in [0.15, 0.2) is 0 Å². The molecule has 0 fully saturated rings. The first-order valence-electron chi connectivity index (χ1n) is 5.31. The zero-order valence-corrected chi connectivity index (χ0v) is 11.7. The van der Waals surface area contributed by atoms with Crippen LogP contribution in [-0.2, 0) is 10.0 Å². The minimum atomic E-state index is -4.00. The van der Waals surface area contributed by atoms with Crippen LogP contribution in [0.1, 0.15) is 20.3 Å². The van der Waals surface area contributed by atoms with Crippen LogP contribution in [-0.4, -0.2) is 18.9 Å². The van der Waals surface area contributed by atoms with Gasteiger partial charge in [0, 0.05) is 0 Å². The topological polar surface area (TPSA) is 72.2 Å². The molecule has 7 heteroatoms. The van der Waals surface area contributed by atoms with Gasteiger partial charge in [0.25, 0.3) is 0 Å². The third-order valence-electron chi connectivity index (χ3n) is 2.74. The van der Waals surface area contributed by atoms with Crippen molar-refractivity contribution in [3.8, 4) is 0 Å². The Morgan fingerprint density at radius 1 is 1.50 bits per heavy atom. The van der Waals surface area contributed by atoms with Gasteiger partial charge in [0.1, 0.15) is 10.7 Å². The number of nitrogens with one attached hydrogen (secondary N) is 1. The third-order valence-corrected chi connectivity index (χ3v) is 4.82. The zero-order valence-electron chi connectivity index (χ0n) is 10.1. The van der Waals surface area contributed by atoms with Crippen molar-refractivity contribution in [2.45, 2.75) is 30.7 Å². The van der Waals surface area contributed by atoms with E-state index in [1.165, 1.54) is 18.2 Å². The molecule has 0 aliphatic heterocycles. The molecule has 0 saturated carbocycles. The fraction of sp³-hybridized carbons (Fsp3) is 0.364. The molecular formula is C11H15FN2O2S2. The van der Waals surface area contributed by atoms with Gasteiger partial charge in [-0.3, -0.25) is 0 Å². The van der Waals surface area contributed by atoms with Crippen LogP contribution in [0, 0.1) is 5.82 Å².